The fraction of sp³-hybridized carbons (Fsp3) is 1.00. The van der Waals surface area contributed by atoms with Crippen molar-refractivity contribution >= 4 is 0 Å². The first-order chi connectivity index (χ1) is 5.88. The minimum Gasteiger partial charge on any atom is -0.390 e. The number of aliphatic hydroxyl groups excluding tert-OH is 1. The largest absolute Gasteiger partial charge is 0.390 e. The van der Waals surface area contributed by atoms with E-state index in [0.717, 1.165) is 19.3 Å². The maximum atomic E-state index is 9.73. The van der Waals surface area contributed by atoms with E-state index < -0.39 is 0 Å². The molecule has 13 heavy (non-hydrogen) atoms. The molecule has 3 unspecified atom stereocenters. The molecule has 0 aromatic rings. The monoisotopic (exact) mass is 186 g/mol. The van der Waals surface area contributed by atoms with Gasteiger partial charge in [0, 0.05) is 0 Å². The van der Waals surface area contributed by atoms with E-state index in [1.807, 2.05) is 20.8 Å². The van der Waals surface area contributed by atoms with E-state index >= 15 is 0 Å². The van der Waals surface area contributed by atoms with Crippen LogP contribution in [-0.4, -0.2) is 22.9 Å². The van der Waals surface area contributed by atoms with Crippen molar-refractivity contribution in [2.24, 2.45) is 5.92 Å². The van der Waals surface area contributed by atoms with E-state index in [4.69, 9.17) is 4.74 Å². The standard InChI is InChI=1S/C11H22O2/c1-8-5-6-9(12)10(7-8)13-11(2,3)4/h8-10,12H,5-7H2,1-4H3. The molecule has 0 heterocycles. The lowest BCUT2D eigenvalue weighted by Crippen LogP contribution is -2.40. The highest BCUT2D eigenvalue weighted by atomic mass is 16.5. The summed E-state index contributed by atoms with van der Waals surface area (Å²) in [6.07, 6.45) is 2.81. The second-order valence-corrected chi connectivity index (χ2v) is 5.25. The third-order valence-electron chi connectivity index (χ3n) is 2.52. The lowest BCUT2D eigenvalue weighted by atomic mass is 9.86. The molecule has 2 heteroatoms. The Bertz CT molecular complexity index is 160. The van der Waals surface area contributed by atoms with Gasteiger partial charge in [0.25, 0.3) is 0 Å². The Kier molecular flexibility index (Phi) is 3.36. The van der Waals surface area contributed by atoms with Gasteiger partial charge in [-0.3, -0.25) is 0 Å². The summed E-state index contributed by atoms with van der Waals surface area (Å²) in [7, 11) is 0. The van der Waals surface area contributed by atoms with E-state index in [-0.39, 0.29) is 17.8 Å². The van der Waals surface area contributed by atoms with Gasteiger partial charge in [0.15, 0.2) is 0 Å². The summed E-state index contributed by atoms with van der Waals surface area (Å²) in [5, 5.41) is 9.73. The molecule has 0 aromatic heterocycles. The molecule has 1 saturated carbocycles. The summed E-state index contributed by atoms with van der Waals surface area (Å²) in [6.45, 7) is 8.35. The van der Waals surface area contributed by atoms with Gasteiger partial charge in [-0.25, -0.2) is 0 Å². The zero-order valence-corrected chi connectivity index (χ0v) is 9.21. The quantitative estimate of drug-likeness (QED) is 0.681. The van der Waals surface area contributed by atoms with Crippen molar-refractivity contribution in [1.29, 1.82) is 0 Å². The second kappa shape index (κ2) is 3.97. The molecule has 0 aliphatic heterocycles. The molecule has 2 nitrogen and oxygen atoms in total. The van der Waals surface area contributed by atoms with Gasteiger partial charge in [-0.1, -0.05) is 6.92 Å². The lowest BCUT2D eigenvalue weighted by Gasteiger charge is -2.36. The molecule has 1 aliphatic carbocycles. The predicted molar refractivity (Wildman–Crippen MR) is 53.6 cm³/mol. The first kappa shape index (κ1) is 11.0. The molecule has 0 saturated heterocycles. The molecular weight excluding hydrogens is 164 g/mol. The Morgan fingerprint density at radius 1 is 1.23 bits per heavy atom. The Morgan fingerprint density at radius 2 is 1.85 bits per heavy atom. The zero-order chi connectivity index (χ0) is 10.1. The van der Waals surface area contributed by atoms with Gasteiger partial charge in [-0.05, 0) is 46.0 Å². The van der Waals surface area contributed by atoms with Crippen LogP contribution >= 0.6 is 0 Å². The van der Waals surface area contributed by atoms with Crippen LogP contribution in [0, 0.1) is 5.92 Å². The van der Waals surface area contributed by atoms with E-state index in [2.05, 4.69) is 6.92 Å². The number of ether oxygens (including phenoxy) is 1. The van der Waals surface area contributed by atoms with Crippen molar-refractivity contribution in [3.8, 4) is 0 Å². The van der Waals surface area contributed by atoms with Crippen molar-refractivity contribution < 1.29 is 9.84 Å². The Balaban J connectivity index is 2.47. The van der Waals surface area contributed by atoms with Gasteiger partial charge in [0.1, 0.15) is 0 Å². The highest BCUT2D eigenvalue weighted by molar-refractivity contribution is 4.80. The predicted octanol–water partition coefficient (Wildman–Crippen LogP) is 2.35. The van der Waals surface area contributed by atoms with Crippen molar-refractivity contribution in [1.82, 2.24) is 0 Å². The van der Waals surface area contributed by atoms with E-state index in [1.54, 1.807) is 0 Å². The SMILES string of the molecule is CC1CCC(O)C(OC(C)(C)C)C1. The van der Waals surface area contributed by atoms with Gasteiger partial charge >= 0.3 is 0 Å². The third kappa shape index (κ3) is 3.65. The van der Waals surface area contributed by atoms with Gasteiger partial charge in [0.05, 0.1) is 17.8 Å². The molecular formula is C11H22O2. The average Bonchev–Trinajstić information content (AvgIpc) is 1.94. The summed E-state index contributed by atoms with van der Waals surface area (Å²) in [4.78, 5) is 0. The fourth-order valence-electron chi connectivity index (χ4n) is 1.89. The fourth-order valence-corrected chi connectivity index (χ4v) is 1.89. The van der Waals surface area contributed by atoms with Crippen LogP contribution in [0.25, 0.3) is 0 Å². The highest BCUT2D eigenvalue weighted by Gasteiger charge is 2.30. The smallest absolute Gasteiger partial charge is 0.0843 e. The normalized spacial score (nSPS) is 36.2. The maximum Gasteiger partial charge on any atom is 0.0843 e. The van der Waals surface area contributed by atoms with Crippen molar-refractivity contribution in [2.45, 2.75) is 64.8 Å². The average molecular weight is 186 g/mol. The summed E-state index contributed by atoms with van der Waals surface area (Å²) in [6, 6.07) is 0. The Morgan fingerprint density at radius 3 is 2.38 bits per heavy atom. The van der Waals surface area contributed by atoms with Gasteiger partial charge < -0.3 is 9.84 Å². The summed E-state index contributed by atoms with van der Waals surface area (Å²) in [5.41, 5.74) is -0.136. The second-order valence-electron chi connectivity index (χ2n) is 5.25. The van der Waals surface area contributed by atoms with E-state index in [1.165, 1.54) is 0 Å². The molecule has 78 valence electrons. The van der Waals surface area contributed by atoms with Crippen LogP contribution in [0.3, 0.4) is 0 Å². The summed E-state index contributed by atoms with van der Waals surface area (Å²) in [5.74, 6) is 0.691. The Labute approximate surface area is 81.3 Å². The number of hydrogen-bond donors (Lipinski definition) is 1. The molecule has 1 rings (SSSR count). The van der Waals surface area contributed by atoms with Crippen molar-refractivity contribution in [3.63, 3.8) is 0 Å². The molecule has 0 aromatic carbocycles. The molecule has 1 aliphatic rings. The molecule has 0 spiro atoms. The minimum atomic E-state index is -0.254. The van der Waals surface area contributed by atoms with Crippen molar-refractivity contribution in [3.05, 3.63) is 0 Å². The van der Waals surface area contributed by atoms with Crippen LogP contribution in [0.4, 0.5) is 0 Å². The van der Waals surface area contributed by atoms with Crippen LogP contribution in [0.5, 0.6) is 0 Å². The van der Waals surface area contributed by atoms with Gasteiger partial charge in [-0.2, -0.15) is 0 Å². The molecule has 1 N–H and O–H groups in total. The maximum absolute atomic E-state index is 9.73. The molecule has 0 amide bonds. The van der Waals surface area contributed by atoms with Gasteiger partial charge in [0.2, 0.25) is 0 Å². The first-order valence-electron chi connectivity index (χ1n) is 5.24. The van der Waals surface area contributed by atoms with E-state index in [0.29, 0.717) is 5.92 Å². The zero-order valence-electron chi connectivity index (χ0n) is 9.21. The van der Waals surface area contributed by atoms with E-state index in [9.17, 15) is 5.11 Å². The highest BCUT2D eigenvalue weighted by Crippen LogP contribution is 2.28. The van der Waals surface area contributed by atoms with Crippen molar-refractivity contribution in [2.75, 3.05) is 0 Å². The lowest BCUT2D eigenvalue weighted by molar-refractivity contribution is -0.131. The molecule has 0 radical (unpaired) electrons. The number of hydrogen-bond acceptors (Lipinski definition) is 2. The van der Waals surface area contributed by atoms with Crippen LogP contribution in [0.15, 0.2) is 0 Å². The Hall–Kier alpha value is -0.0800. The topological polar surface area (TPSA) is 29.5 Å². The molecule has 1 fully saturated rings. The summed E-state index contributed by atoms with van der Waals surface area (Å²) >= 11 is 0. The first-order valence-corrected chi connectivity index (χ1v) is 5.24. The third-order valence-corrected chi connectivity index (χ3v) is 2.52. The van der Waals surface area contributed by atoms with Crippen LogP contribution in [0.1, 0.15) is 47.0 Å². The number of aliphatic hydroxyl groups is 1. The molecule has 3 atom stereocenters. The minimum absolute atomic E-state index is 0.0451. The van der Waals surface area contributed by atoms with Gasteiger partial charge in [-0.15, -0.1) is 0 Å². The number of rotatable bonds is 1. The van der Waals surface area contributed by atoms with Crippen LogP contribution in [0.2, 0.25) is 0 Å². The summed E-state index contributed by atoms with van der Waals surface area (Å²) < 4.78 is 5.81. The molecule has 0 bridgehead atoms. The van der Waals surface area contributed by atoms with Crippen LogP contribution < -0.4 is 0 Å². The van der Waals surface area contributed by atoms with Crippen LogP contribution in [-0.2, 0) is 4.74 Å².